The fraction of sp³-hybridized carbons (Fsp3) is 0.750. The lowest BCUT2D eigenvalue weighted by Crippen LogP contribution is -2.30. The Hall–Kier alpha value is -0.890. The van der Waals surface area contributed by atoms with E-state index < -0.39 is 24.1 Å². The van der Waals surface area contributed by atoms with Gasteiger partial charge in [0.2, 0.25) is 0 Å². The van der Waals surface area contributed by atoms with E-state index in [0.717, 1.165) is 0 Å². The van der Waals surface area contributed by atoms with Gasteiger partial charge in [0, 0.05) is 0 Å². The number of aliphatic hydroxyl groups excluding tert-OH is 1. The van der Waals surface area contributed by atoms with Gasteiger partial charge in [0.15, 0.2) is 0 Å². The number of nitrogens with two attached hydrogens (primary N) is 2. The zero-order valence-electron chi connectivity index (χ0n) is 9.00. The fourth-order valence-corrected chi connectivity index (χ4v) is 0.461. The predicted molar refractivity (Wildman–Crippen MR) is 60.5 cm³/mol. The summed E-state index contributed by atoms with van der Waals surface area (Å²) in [7, 11) is 0. The molecule has 0 aromatic rings. The summed E-state index contributed by atoms with van der Waals surface area (Å²) in [4.78, 5) is 19.5. The van der Waals surface area contributed by atoms with Crippen LogP contribution in [0.2, 0.25) is 0 Å². The molecule has 0 radical (unpaired) electrons. The third-order valence-corrected chi connectivity index (χ3v) is 1.39. The highest BCUT2D eigenvalue weighted by Gasteiger charge is 2.08. The molecule has 0 saturated heterocycles. The van der Waals surface area contributed by atoms with E-state index in [1.165, 1.54) is 6.92 Å². The Balaban J connectivity index is -0.000000214. The maximum atomic E-state index is 10.0. The minimum absolute atomic E-state index is 0. The van der Waals surface area contributed by atoms with Crippen molar-refractivity contribution in [3.05, 3.63) is 0 Å². The van der Waals surface area contributed by atoms with Gasteiger partial charge in [0.1, 0.15) is 12.1 Å². The first-order valence-corrected chi connectivity index (χ1v) is 4.42. The lowest BCUT2D eigenvalue weighted by atomic mass is 10.2. The maximum Gasteiger partial charge on any atom is 0.332 e. The minimum Gasteiger partial charge on any atom is -0.480 e. The third-order valence-electron chi connectivity index (χ3n) is 1.39. The first-order chi connectivity index (χ1) is 6.82. The number of aliphatic carboxylic acids is 2. The summed E-state index contributed by atoms with van der Waals surface area (Å²) in [6.07, 6.45) is -0.0933. The summed E-state index contributed by atoms with van der Waals surface area (Å²) in [5.74, 6) is -2.14. The predicted octanol–water partition coefficient (Wildman–Crippen LogP) is -0.989. The van der Waals surface area contributed by atoms with Crippen LogP contribution in [0.4, 0.5) is 0 Å². The van der Waals surface area contributed by atoms with Crippen molar-refractivity contribution in [1.29, 1.82) is 0 Å². The largest absolute Gasteiger partial charge is 0.480 e. The monoisotopic (exact) mass is 258 g/mol. The van der Waals surface area contributed by atoms with Crippen molar-refractivity contribution in [3.63, 3.8) is 0 Å². The number of hydrogen-bond acceptors (Lipinski definition) is 5. The van der Waals surface area contributed by atoms with Gasteiger partial charge in [-0.3, -0.25) is 4.79 Å². The van der Waals surface area contributed by atoms with Crippen LogP contribution in [-0.2, 0) is 9.59 Å². The van der Waals surface area contributed by atoms with Crippen molar-refractivity contribution in [3.8, 4) is 0 Å². The highest BCUT2D eigenvalue weighted by molar-refractivity contribution is 5.85. The van der Waals surface area contributed by atoms with Gasteiger partial charge in [-0.05, 0) is 26.3 Å². The molecule has 16 heavy (non-hydrogen) atoms. The molecule has 0 heterocycles. The molecule has 8 heteroatoms. The van der Waals surface area contributed by atoms with E-state index in [1.54, 1.807) is 0 Å². The Bertz CT molecular complexity index is 201. The standard InChI is InChI=1S/C5H12N2O2.C3H6O3.ClH/c6-3-1-2-4(7)5(8)9;1-2(4)3(5)6;/h4H,1-3,6-7H2,(H,8,9);2,4H,1H3,(H,5,6);1H. The van der Waals surface area contributed by atoms with Crippen LogP contribution in [0, 0.1) is 0 Å². The van der Waals surface area contributed by atoms with Crippen molar-refractivity contribution in [2.24, 2.45) is 11.5 Å². The number of rotatable bonds is 5. The van der Waals surface area contributed by atoms with E-state index in [9.17, 15) is 9.59 Å². The molecule has 0 saturated carbocycles. The van der Waals surface area contributed by atoms with Gasteiger partial charge in [-0.15, -0.1) is 12.4 Å². The molecular weight excluding hydrogens is 240 g/mol. The van der Waals surface area contributed by atoms with Crippen molar-refractivity contribution in [1.82, 2.24) is 0 Å². The molecular formula is C8H19ClN2O5. The number of carboxylic acids is 2. The van der Waals surface area contributed by atoms with Crippen LogP contribution >= 0.6 is 12.4 Å². The lowest BCUT2D eigenvalue weighted by molar-refractivity contribution is -0.145. The van der Waals surface area contributed by atoms with Crippen LogP contribution in [-0.4, -0.2) is 45.9 Å². The molecule has 2 atom stereocenters. The van der Waals surface area contributed by atoms with Crippen LogP contribution in [0.25, 0.3) is 0 Å². The zero-order chi connectivity index (χ0) is 12.4. The highest BCUT2D eigenvalue weighted by Crippen LogP contribution is 1.91. The second kappa shape index (κ2) is 12.2. The van der Waals surface area contributed by atoms with Gasteiger partial charge in [0.05, 0.1) is 0 Å². The summed E-state index contributed by atoms with van der Waals surface area (Å²) >= 11 is 0. The molecule has 0 aliphatic rings. The molecule has 0 rings (SSSR count). The van der Waals surface area contributed by atoms with E-state index in [4.69, 9.17) is 26.8 Å². The molecule has 7 N–H and O–H groups in total. The Morgan fingerprint density at radius 1 is 1.25 bits per heavy atom. The third kappa shape index (κ3) is 15.6. The zero-order valence-corrected chi connectivity index (χ0v) is 9.81. The number of hydrogen-bond donors (Lipinski definition) is 5. The number of carboxylic acid groups (broad SMARTS) is 2. The molecule has 0 aliphatic heterocycles. The Labute approximate surface area is 99.8 Å². The average Bonchev–Trinajstić information content (AvgIpc) is 2.14. The maximum absolute atomic E-state index is 10.0. The molecule has 98 valence electrons. The minimum atomic E-state index is -1.23. The molecule has 0 aromatic carbocycles. The molecule has 0 aliphatic carbocycles. The highest BCUT2D eigenvalue weighted by atomic mass is 35.5. The van der Waals surface area contributed by atoms with E-state index >= 15 is 0 Å². The Kier molecular flexibility index (Phi) is 15.6. The molecule has 2 unspecified atom stereocenters. The van der Waals surface area contributed by atoms with Gasteiger partial charge in [0.25, 0.3) is 0 Å². The summed E-state index contributed by atoms with van der Waals surface area (Å²) in [6, 6.07) is -0.742. The number of halogens is 1. The van der Waals surface area contributed by atoms with Gasteiger partial charge in [-0.25, -0.2) is 4.79 Å². The van der Waals surface area contributed by atoms with Crippen LogP contribution in [0.1, 0.15) is 19.8 Å². The average molecular weight is 259 g/mol. The van der Waals surface area contributed by atoms with E-state index in [1.807, 2.05) is 0 Å². The normalized spacial score (nSPS) is 12.5. The Morgan fingerprint density at radius 3 is 1.81 bits per heavy atom. The summed E-state index contributed by atoms with van der Waals surface area (Å²) in [6.45, 7) is 1.70. The van der Waals surface area contributed by atoms with E-state index in [-0.39, 0.29) is 12.4 Å². The molecule has 0 fully saturated rings. The van der Waals surface area contributed by atoms with Gasteiger partial charge in [-0.1, -0.05) is 0 Å². The second-order valence-electron chi connectivity index (χ2n) is 2.89. The summed E-state index contributed by atoms with van der Waals surface area (Å²) < 4.78 is 0. The SMILES string of the molecule is CC(O)C(=O)O.Cl.NCCCC(N)C(=O)O. The summed E-state index contributed by atoms with van der Waals surface area (Å²) in [5.41, 5.74) is 10.3. The van der Waals surface area contributed by atoms with Gasteiger partial charge >= 0.3 is 11.9 Å². The smallest absolute Gasteiger partial charge is 0.332 e. The van der Waals surface area contributed by atoms with E-state index in [2.05, 4.69) is 0 Å². The van der Waals surface area contributed by atoms with Crippen LogP contribution in [0.3, 0.4) is 0 Å². The molecule has 0 aromatic heterocycles. The lowest BCUT2D eigenvalue weighted by Gasteiger charge is -2.02. The number of carbonyl (C=O) groups is 2. The van der Waals surface area contributed by atoms with Gasteiger partial charge < -0.3 is 26.8 Å². The second-order valence-corrected chi connectivity index (χ2v) is 2.89. The molecule has 0 bridgehead atoms. The first-order valence-electron chi connectivity index (χ1n) is 4.42. The molecule has 7 nitrogen and oxygen atoms in total. The van der Waals surface area contributed by atoms with Crippen LogP contribution < -0.4 is 11.5 Å². The van der Waals surface area contributed by atoms with Crippen molar-refractivity contribution in [2.45, 2.75) is 31.9 Å². The van der Waals surface area contributed by atoms with Crippen molar-refractivity contribution >= 4 is 24.3 Å². The molecule has 0 amide bonds. The van der Waals surface area contributed by atoms with Crippen LogP contribution in [0.15, 0.2) is 0 Å². The molecule has 0 spiro atoms. The first kappa shape index (κ1) is 20.5. The van der Waals surface area contributed by atoms with Crippen molar-refractivity contribution in [2.75, 3.05) is 6.54 Å². The van der Waals surface area contributed by atoms with E-state index in [0.29, 0.717) is 19.4 Å². The summed E-state index contributed by atoms with van der Waals surface area (Å²) in [5, 5.41) is 24.0. The Morgan fingerprint density at radius 2 is 1.62 bits per heavy atom. The quantitative estimate of drug-likeness (QED) is 0.425. The van der Waals surface area contributed by atoms with Gasteiger partial charge in [-0.2, -0.15) is 0 Å². The topological polar surface area (TPSA) is 147 Å². The fourth-order valence-electron chi connectivity index (χ4n) is 0.461. The number of aliphatic hydroxyl groups is 1. The van der Waals surface area contributed by atoms with Crippen molar-refractivity contribution < 1.29 is 24.9 Å². The van der Waals surface area contributed by atoms with Crippen LogP contribution in [0.5, 0.6) is 0 Å².